The summed E-state index contributed by atoms with van der Waals surface area (Å²) in [5.74, 6) is 0.911. The third-order valence-corrected chi connectivity index (χ3v) is 3.53. The van der Waals surface area contributed by atoms with E-state index in [0.717, 1.165) is 34.6 Å². The van der Waals surface area contributed by atoms with Gasteiger partial charge in [-0.25, -0.2) is 4.98 Å². The first kappa shape index (κ1) is 10.9. The SMILES string of the molecule is Cc1nc2cc(OCCCBr)ccc2s1. The molecule has 0 fully saturated rings. The number of hydrogen-bond acceptors (Lipinski definition) is 3. The van der Waals surface area contributed by atoms with Gasteiger partial charge in [0.15, 0.2) is 0 Å². The molecular formula is C11H12BrNOS. The van der Waals surface area contributed by atoms with Crippen LogP contribution in [0.3, 0.4) is 0 Å². The van der Waals surface area contributed by atoms with E-state index in [4.69, 9.17) is 4.74 Å². The smallest absolute Gasteiger partial charge is 0.121 e. The topological polar surface area (TPSA) is 22.1 Å². The van der Waals surface area contributed by atoms with Crippen molar-refractivity contribution >= 4 is 37.5 Å². The summed E-state index contributed by atoms with van der Waals surface area (Å²) >= 11 is 5.09. The Morgan fingerprint density at radius 1 is 1.47 bits per heavy atom. The maximum absolute atomic E-state index is 5.60. The van der Waals surface area contributed by atoms with E-state index in [1.54, 1.807) is 11.3 Å². The molecule has 0 aliphatic rings. The standard InChI is InChI=1S/C11H12BrNOS/c1-8-13-10-7-9(14-6-2-5-12)3-4-11(10)15-8/h3-4,7H,2,5-6H2,1H3. The highest BCUT2D eigenvalue weighted by atomic mass is 79.9. The number of fused-ring (bicyclic) bond motifs is 1. The molecule has 0 N–H and O–H groups in total. The Bertz CT molecular complexity index is 455. The van der Waals surface area contributed by atoms with Crippen molar-refractivity contribution in [2.24, 2.45) is 0 Å². The van der Waals surface area contributed by atoms with Gasteiger partial charge in [-0.1, -0.05) is 15.9 Å². The predicted molar refractivity (Wildman–Crippen MR) is 68.3 cm³/mol. The zero-order chi connectivity index (χ0) is 10.7. The molecule has 0 saturated heterocycles. The van der Waals surface area contributed by atoms with Crippen molar-refractivity contribution in [3.8, 4) is 5.75 Å². The number of rotatable bonds is 4. The van der Waals surface area contributed by atoms with Gasteiger partial charge < -0.3 is 4.74 Å². The Labute approximate surface area is 101 Å². The minimum absolute atomic E-state index is 0.750. The van der Waals surface area contributed by atoms with Crippen LogP contribution in [-0.4, -0.2) is 16.9 Å². The molecule has 2 rings (SSSR count). The minimum atomic E-state index is 0.750. The molecule has 0 aliphatic heterocycles. The summed E-state index contributed by atoms with van der Waals surface area (Å²) in [6.07, 6.45) is 1.02. The van der Waals surface area contributed by atoms with Crippen molar-refractivity contribution in [1.82, 2.24) is 4.98 Å². The third-order valence-electron chi connectivity index (χ3n) is 2.01. The Kier molecular flexibility index (Phi) is 3.59. The van der Waals surface area contributed by atoms with Crippen LogP contribution >= 0.6 is 27.3 Å². The molecular weight excluding hydrogens is 274 g/mol. The van der Waals surface area contributed by atoms with Gasteiger partial charge in [0.25, 0.3) is 0 Å². The second-order valence-corrected chi connectivity index (χ2v) is 5.28. The molecule has 80 valence electrons. The first-order valence-corrected chi connectivity index (χ1v) is 6.79. The van der Waals surface area contributed by atoms with Crippen LogP contribution in [0.15, 0.2) is 18.2 Å². The average molecular weight is 286 g/mol. The van der Waals surface area contributed by atoms with E-state index in [1.165, 1.54) is 4.70 Å². The minimum Gasteiger partial charge on any atom is -0.493 e. The van der Waals surface area contributed by atoms with E-state index < -0.39 is 0 Å². The summed E-state index contributed by atoms with van der Waals surface area (Å²) in [4.78, 5) is 4.43. The van der Waals surface area contributed by atoms with Gasteiger partial charge in [-0.3, -0.25) is 0 Å². The van der Waals surface area contributed by atoms with Crippen LogP contribution in [0.2, 0.25) is 0 Å². The van der Waals surface area contributed by atoms with E-state index in [2.05, 4.69) is 27.0 Å². The van der Waals surface area contributed by atoms with Crippen LogP contribution < -0.4 is 4.74 Å². The molecule has 0 saturated carbocycles. The maximum atomic E-state index is 5.60. The van der Waals surface area contributed by atoms with E-state index in [1.807, 2.05) is 19.1 Å². The number of alkyl halides is 1. The predicted octanol–water partition coefficient (Wildman–Crippen LogP) is 3.77. The second kappa shape index (κ2) is 4.94. The molecule has 0 bridgehead atoms. The molecule has 1 heterocycles. The molecule has 2 nitrogen and oxygen atoms in total. The lowest BCUT2D eigenvalue weighted by atomic mass is 10.3. The van der Waals surface area contributed by atoms with E-state index in [9.17, 15) is 0 Å². The number of benzene rings is 1. The highest BCUT2D eigenvalue weighted by molar-refractivity contribution is 9.09. The Morgan fingerprint density at radius 3 is 3.13 bits per heavy atom. The van der Waals surface area contributed by atoms with Gasteiger partial charge in [0, 0.05) is 11.4 Å². The highest BCUT2D eigenvalue weighted by Crippen LogP contribution is 2.25. The number of hydrogen-bond donors (Lipinski definition) is 0. The van der Waals surface area contributed by atoms with Crippen molar-refractivity contribution in [2.45, 2.75) is 13.3 Å². The molecule has 15 heavy (non-hydrogen) atoms. The van der Waals surface area contributed by atoms with Crippen LogP contribution in [-0.2, 0) is 0 Å². The van der Waals surface area contributed by atoms with Crippen molar-refractivity contribution in [3.05, 3.63) is 23.2 Å². The molecule has 0 unspecified atom stereocenters. The summed E-state index contributed by atoms with van der Waals surface area (Å²) < 4.78 is 6.82. The van der Waals surface area contributed by atoms with Gasteiger partial charge in [-0.2, -0.15) is 0 Å². The highest BCUT2D eigenvalue weighted by Gasteiger charge is 2.01. The average Bonchev–Trinajstić information content (AvgIpc) is 2.57. The largest absolute Gasteiger partial charge is 0.493 e. The van der Waals surface area contributed by atoms with E-state index in [0.29, 0.717) is 0 Å². The first-order chi connectivity index (χ1) is 7.29. The summed E-state index contributed by atoms with van der Waals surface area (Å²) in [5, 5.41) is 2.08. The summed E-state index contributed by atoms with van der Waals surface area (Å²) in [7, 11) is 0. The molecule has 1 aromatic carbocycles. The van der Waals surface area contributed by atoms with Crippen molar-refractivity contribution in [2.75, 3.05) is 11.9 Å². The van der Waals surface area contributed by atoms with Crippen LogP contribution in [0.1, 0.15) is 11.4 Å². The van der Waals surface area contributed by atoms with Crippen molar-refractivity contribution in [3.63, 3.8) is 0 Å². The van der Waals surface area contributed by atoms with E-state index in [-0.39, 0.29) is 0 Å². The number of ether oxygens (including phenoxy) is 1. The van der Waals surface area contributed by atoms with Crippen LogP contribution in [0.4, 0.5) is 0 Å². The lowest BCUT2D eigenvalue weighted by molar-refractivity contribution is 0.319. The fraction of sp³-hybridized carbons (Fsp3) is 0.364. The Hall–Kier alpha value is -0.610. The maximum Gasteiger partial charge on any atom is 0.121 e. The van der Waals surface area contributed by atoms with Gasteiger partial charge >= 0.3 is 0 Å². The molecule has 0 radical (unpaired) electrons. The first-order valence-electron chi connectivity index (χ1n) is 4.85. The number of aryl methyl sites for hydroxylation is 1. The summed E-state index contributed by atoms with van der Waals surface area (Å²) in [6, 6.07) is 6.09. The monoisotopic (exact) mass is 285 g/mol. The molecule has 0 spiro atoms. The van der Waals surface area contributed by atoms with Crippen molar-refractivity contribution < 1.29 is 4.74 Å². The van der Waals surface area contributed by atoms with Gasteiger partial charge in [0.1, 0.15) is 5.75 Å². The van der Waals surface area contributed by atoms with Crippen molar-refractivity contribution in [1.29, 1.82) is 0 Å². The van der Waals surface area contributed by atoms with Gasteiger partial charge in [-0.15, -0.1) is 11.3 Å². The van der Waals surface area contributed by atoms with E-state index >= 15 is 0 Å². The molecule has 1 aromatic heterocycles. The zero-order valence-corrected chi connectivity index (χ0v) is 10.9. The molecule has 0 amide bonds. The Morgan fingerprint density at radius 2 is 2.33 bits per heavy atom. The third kappa shape index (κ3) is 2.69. The van der Waals surface area contributed by atoms with Gasteiger partial charge in [-0.05, 0) is 25.5 Å². The molecule has 4 heteroatoms. The lowest BCUT2D eigenvalue weighted by Gasteiger charge is -2.03. The number of nitrogens with zero attached hydrogens (tertiary/aromatic N) is 1. The summed E-state index contributed by atoms with van der Waals surface area (Å²) in [5.41, 5.74) is 1.04. The molecule has 0 aliphatic carbocycles. The van der Waals surface area contributed by atoms with Gasteiger partial charge in [0.05, 0.1) is 21.8 Å². The second-order valence-electron chi connectivity index (χ2n) is 3.25. The lowest BCUT2D eigenvalue weighted by Crippen LogP contribution is -1.97. The molecule has 0 atom stereocenters. The van der Waals surface area contributed by atoms with Crippen LogP contribution in [0.5, 0.6) is 5.75 Å². The zero-order valence-electron chi connectivity index (χ0n) is 8.50. The number of thiazole rings is 1. The fourth-order valence-electron chi connectivity index (χ4n) is 1.36. The number of aromatic nitrogens is 1. The van der Waals surface area contributed by atoms with Crippen LogP contribution in [0, 0.1) is 6.92 Å². The number of halogens is 1. The Balaban J connectivity index is 2.15. The quantitative estimate of drug-likeness (QED) is 0.630. The fourth-order valence-corrected chi connectivity index (χ4v) is 2.39. The van der Waals surface area contributed by atoms with Gasteiger partial charge in [0.2, 0.25) is 0 Å². The van der Waals surface area contributed by atoms with Crippen LogP contribution in [0.25, 0.3) is 10.2 Å². The normalized spacial score (nSPS) is 10.8. The summed E-state index contributed by atoms with van der Waals surface area (Å²) in [6.45, 7) is 2.77. The molecule has 2 aromatic rings.